The number of hydrogen-bond acceptors (Lipinski definition) is 5. The van der Waals surface area contributed by atoms with Crippen molar-refractivity contribution in [3.05, 3.63) is 24.3 Å². The smallest absolute Gasteiger partial charge is 0.232 e. The molecule has 1 amide bonds. The fraction of sp³-hybridized carbons (Fsp3) is 0.500. The second-order valence-electron chi connectivity index (χ2n) is 5.03. The highest BCUT2D eigenvalue weighted by Gasteiger charge is 2.17. The molecule has 0 spiro atoms. The molecule has 2 rings (SSSR count). The topological polar surface area (TPSA) is 96.5 Å². The van der Waals surface area contributed by atoms with E-state index in [0.717, 1.165) is 6.54 Å². The van der Waals surface area contributed by atoms with E-state index < -0.39 is 10.0 Å². The number of ether oxygens (including phenoxy) is 1. The van der Waals surface area contributed by atoms with Crippen molar-refractivity contribution < 1.29 is 17.9 Å². The van der Waals surface area contributed by atoms with E-state index >= 15 is 0 Å². The molecule has 23 heavy (non-hydrogen) atoms. The molecular formula is C14H22ClN3O4S. The average Bonchev–Trinajstić information content (AvgIpc) is 2.50. The molecular weight excluding hydrogens is 342 g/mol. The Kier molecular flexibility index (Phi) is 7.77. The van der Waals surface area contributed by atoms with Gasteiger partial charge in [0, 0.05) is 24.5 Å². The van der Waals surface area contributed by atoms with Crippen LogP contribution in [0.5, 0.6) is 0 Å². The molecule has 0 bridgehead atoms. The van der Waals surface area contributed by atoms with Gasteiger partial charge in [-0.2, -0.15) is 0 Å². The molecule has 1 aliphatic heterocycles. The van der Waals surface area contributed by atoms with Crippen LogP contribution in [-0.2, 0) is 19.6 Å². The number of carbonyl (C=O) groups excluding carboxylic acids is 1. The van der Waals surface area contributed by atoms with E-state index in [9.17, 15) is 13.2 Å². The van der Waals surface area contributed by atoms with E-state index in [-0.39, 0.29) is 36.6 Å². The van der Waals surface area contributed by atoms with Gasteiger partial charge in [-0.25, -0.2) is 8.42 Å². The number of hydrogen-bond donors (Lipinski definition) is 3. The summed E-state index contributed by atoms with van der Waals surface area (Å²) < 4.78 is 30.8. The lowest BCUT2D eigenvalue weighted by Crippen LogP contribution is -2.40. The van der Waals surface area contributed by atoms with Gasteiger partial charge >= 0.3 is 0 Å². The predicted molar refractivity (Wildman–Crippen MR) is 92.6 cm³/mol. The average molecular weight is 364 g/mol. The third-order valence-corrected chi connectivity index (χ3v) is 4.55. The summed E-state index contributed by atoms with van der Waals surface area (Å²) >= 11 is 0. The normalized spacial score (nSPS) is 17.9. The van der Waals surface area contributed by atoms with Crippen molar-refractivity contribution in [3.63, 3.8) is 0 Å². The molecule has 1 aromatic carbocycles. The minimum Gasteiger partial charge on any atom is -0.375 e. The van der Waals surface area contributed by atoms with Crippen molar-refractivity contribution in [3.8, 4) is 0 Å². The van der Waals surface area contributed by atoms with Crippen LogP contribution in [0.2, 0.25) is 0 Å². The lowest BCUT2D eigenvalue weighted by atomic mass is 10.2. The van der Waals surface area contributed by atoms with Crippen molar-refractivity contribution in [2.45, 2.75) is 19.4 Å². The highest BCUT2D eigenvalue weighted by atomic mass is 35.5. The predicted octanol–water partition coefficient (Wildman–Crippen LogP) is 1.19. The first-order valence-electron chi connectivity index (χ1n) is 7.21. The fourth-order valence-electron chi connectivity index (χ4n) is 2.04. The molecule has 1 unspecified atom stereocenters. The highest BCUT2D eigenvalue weighted by molar-refractivity contribution is 7.92. The summed E-state index contributed by atoms with van der Waals surface area (Å²) in [5, 5.41) is 5.94. The number of morpholine rings is 1. The number of anilines is 2. The summed E-state index contributed by atoms with van der Waals surface area (Å²) in [5.41, 5.74) is 1.09. The molecule has 3 N–H and O–H groups in total. The first-order valence-corrected chi connectivity index (χ1v) is 8.86. The Morgan fingerprint density at radius 3 is 2.52 bits per heavy atom. The standard InChI is InChI=1S/C14H21N3O4S.ClH/c1-2-22(19,20)17-12-5-3-11(4-6-12)16-14(18)9-13-10-15-7-8-21-13;/h3-6,13,15,17H,2,7-10H2,1H3,(H,16,18);1H. The molecule has 0 radical (unpaired) electrons. The summed E-state index contributed by atoms with van der Waals surface area (Å²) in [6.07, 6.45) is 0.182. The van der Waals surface area contributed by atoms with Gasteiger partial charge in [-0.15, -0.1) is 12.4 Å². The molecule has 1 heterocycles. The molecule has 130 valence electrons. The molecule has 0 aliphatic carbocycles. The van der Waals surface area contributed by atoms with Gasteiger partial charge in [0.1, 0.15) is 0 Å². The minimum absolute atomic E-state index is 0. The Bertz CT molecular complexity index is 601. The zero-order chi connectivity index (χ0) is 16.0. The van der Waals surface area contributed by atoms with Crippen LogP contribution in [0, 0.1) is 0 Å². The number of nitrogens with one attached hydrogen (secondary N) is 3. The van der Waals surface area contributed by atoms with Crippen LogP contribution in [-0.4, -0.2) is 45.9 Å². The Labute approximate surface area is 142 Å². The number of halogens is 1. The monoisotopic (exact) mass is 363 g/mol. The first-order chi connectivity index (χ1) is 10.5. The Balaban J connectivity index is 0.00000264. The van der Waals surface area contributed by atoms with Crippen molar-refractivity contribution in [2.24, 2.45) is 0 Å². The van der Waals surface area contributed by atoms with Gasteiger partial charge < -0.3 is 15.4 Å². The second kappa shape index (κ2) is 9.07. The van der Waals surface area contributed by atoms with Crippen LogP contribution in [0.15, 0.2) is 24.3 Å². The van der Waals surface area contributed by atoms with Gasteiger partial charge in [0.15, 0.2) is 0 Å². The van der Waals surface area contributed by atoms with Gasteiger partial charge in [-0.3, -0.25) is 9.52 Å². The third-order valence-electron chi connectivity index (χ3n) is 3.24. The van der Waals surface area contributed by atoms with Crippen LogP contribution in [0.1, 0.15) is 13.3 Å². The molecule has 9 heteroatoms. The van der Waals surface area contributed by atoms with Gasteiger partial charge in [0.25, 0.3) is 0 Å². The van der Waals surface area contributed by atoms with Crippen LogP contribution >= 0.6 is 12.4 Å². The van der Waals surface area contributed by atoms with E-state index in [0.29, 0.717) is 24.5 Å². The maximum atomic E-state index is 11.9. The second-order valence-corrected chi connectivity index (χ2v) is 7.04. The Morgan fingerprint density at radius 2 is 1.96 bits per heavy atom. The largest absolute Gasteiger partial charge is 0.375 e. The number of rotatable bonds is 6. The van der Waals surface area contributed by atoms with Gasteiger partial charge in [-0.1, -0.05) is 0 Å². The zero-order valence-electron chi connectivity index (χ0n) is 12.9. The fourth-order valence-corrected chi connectivity index (χ4v) is 2.68. The molecule has 1 aromatic rings. The van der Waals surface area contributed by atoms with E-state index in [1.54, 1.807) is 31.2 Å². The van der Waals surface area contributed by atoms with Crippen LogP contribution < -0.4 is 15.4 Å². The number of amides is 1. The van der Waals surface area contributed by atoms with Crippen molar-refractivity contribution in [2.75, 3.05) is 35.5 Å². The quantitative estimate of drug-likeness (QED) is 0.705. The molecule has 1 fully saturated rings. The summed E-state index contributed by atoms with van der Waals surface area (Å²) in [7, 11) is -3.29. The zero-order valence-corrected chi connectivity index (χ0v) is 14.5. The highest BCUT2D eigenvalue weighted by Crippen LogP contribution is 2.15. The summed E-state index contributed by atoms with van der Waals surface area (Å²) in [6.45, 7) is 3.67. The van der Waals surface area contributed by atoms with Crippen molar-refractivity contribution in [1.82, 2.24) is 5.32 Å². The summed E-state index contributed by atoms with van der Waals surface area (Å²) in [6, 6.07) is 6.54. The van der Waals surface area contributed by atoms with Gasteiger partial charge in [-0.05, 0) is 31.2 Å². The number of sulfonamides is 1. The van der Waals surface area contributed by atoms with E-state index in [1.165, 1.54) is 0 Å². The van der Waals surface area contributed by atoms with E-state index in [2.05, 4.69) is 15.4 Å². The molecule has 1 saturated heterocycles. The van der Waals surface area contributed by atoms with Crippen LogP contribution in [0.3, 0.4) is 0 Å². The lowest BCUT2D eigenvalue weighted by molar-refractivity contribution is -0.119. The van der Waals surface area contributed by atoms with Gasteiger partial charge in [0.05, 0.1) is 24.9 Å². The lowest BCUT2D eigenvalue weighted by Gasteiger charge is -2.23. The van der Waals surface area contributed by atoms with E-state index in [4.69, 9.17) is 4.74 Å². The molecule has 0 saturated carbocycles. The maximum Gasteiger partial charge on any atom is 0.232 e. The summed E-state index contributed by atoms with van der Waals surface area (Å²) in [4.78, 5) is 11.9. The third kappa shape index (κ3) is 6.74. The Morgan fingerprint density at radius 1 is 1.30 bits per heavy atom. The molecule has 1 atom stereocenters. The molecule has 1 aliphatic rings. The van der Waals surface area contributed by atoms with E-state index in [1.807, 2.05) is 0 Å². The Hall–Kier alpha value is -1.35. The molecule has 7 nitrogen and oxygen atoms in total. The first kappa shape index (κ1) is 19.7. The van der Waals surface area contributed by atoms with Crippen LogP contribution in [0.25, 0.3) is 0 Å². The van der Waals surface area contributed by atoms with Gasteiger partial charge in [0.2, 0.25) is 15.9 Å². The SMILES string of the molecule is CCS(=O)(=O)Nc1ccc(NC(=O)CC2CNCCO2)cc1.Cl. The van der Waals surface area contributed by atoms with Crippen molar-refractivity contribution >= 4 is 39.7 Å². The molecule has 0 aromatic heterocycles. The van der Waals surface area contributed by atoms with Crippen molar-refractivity contribution in [1.29, 1.82) is 0 Å². The summed E-state index contributed by atoms with van der Waals surface area (Å²) in [5.74, 6) is -0.114. The number of carbonyl (C=O) groups is 1. The minimum atomic E-state index is -3.29. The number of benzene rings is 1. The maximum absolute atomic E-state index is 11.9. The van der Waals surface area contributed by atoms with Crippen LogP contribution in [0.4, 0.5) is 11.4 Å².